The molecule has 8 nitrogen and oxygen atoms in total. The Kier molecular flexibility index (Phi) is 8.49. The fraction of sp³-hybridized carbons (Fsp3) is 0.750. The van der Waals surface area contributed by atoms with E-state index in [9.17, 15) is 19.5 Å². The van der Waals surface area contributed by atoms with E-state index in [-0.39, 0.29) is 6.54 Å². The summed E-state index contributed by atoms with van der Waals surface area (Å²) in [7, 11) is 0. The standard InChI is InChI=1S/C12H22N2O6/c13-5-3-1-2-4-6-14-11(19)12(20,7-9(15)16)8-10(17)18/h20H,1-8,13H2,(H,14,19)(H,15,16)(H,17,18). The third-order valence-electron chi connectivity index (χ3n) is 2.73. The van der Waals surface area contributed by atoms with Crippen LogP contribution >= 0.6 is 0 Å². The summed E-state index contributed by atoms with van der Waals surface area (Å²) in [6.07, 6.45) is 1.41. The predicted molar refractivity (Wildman–Crippen MR) is 70.0 cm³/mol. The van der Waals surface area contributed by atoms with Gasteiger partial charge in [-0.15, -0.1) is 0 Å². The minimum atomic E-state index is -2.42. The maximum atomic E-state index is 11.7. The van der Waals surface area contributed by atoms with Crippen molar-refractivity contribution < 1.29 is 29.7 Å². The van der Waals surface area contributed by atoms with Gasteiger partial charge in [-0.1, -0.05) is 12.8 Å². The predicted octanol–water partition coefficient (Wildman–Crippen LogP) is -0.698. The minimum Gasteiger partial charge on any atom is -0.481 e. The number of carbonyl (C=O) groups is 3. The van der Waals surface area contributed by atoms with Crippen LogP contribution in [0.5, 0.6) is 0 Å². The van der Waals surface area contributed by atoms with Crippen LogP contribution in [0.4, 0.5) is 0 Å². The molecule has 0 aromatic carbocycles. The van der Waals surface area contributed by atoms with Crippen molar-refractivity contribution in [3.63, 3.8) is 0 Å². The Labute approximate surface area is 117 Å². The first-order chi connectivity index (χ1) is 9.31. The zero-order valence-corrected chi connectivity index (χ0v) is 11.3. The zero-order valence-electron chi connectivity index (χ0n) is 11.3. The lowest BCUT2D eigenvalue weighted by Crippen LogP contribution is -2.49. The number of unbranched alkanes of at least 4 members (excludes halogenated alkanes) is 3. The molecule has 0 unspecified atom stereocenters. The van der Waals surface area contributed by atoms with Gasteiger partial charge >= 0.3 is 11.9 Å². The molecule has 0 saturated heterocycles. The Balaban J connectivity index is 4.27. The molecule has 20 heavy (non-hydrogen) atoms. The molecule has 0 spiro atoms. The molecule has 0 saturated carbocycles. The number of hydrogen-bond acceptors (Lipinski definition) is 5. The summed E-state index contributed by atoms with van der Waals surface area (Å²) < 4.78 is 0. The SMILES string of the molecule is NCCCCCCNC(=O)C(O)(CC(=O)O)CC(=O)O. The second-order valence-corrected chi connectivity index (χ2v) is 4.63. The molecule has 0 fully saturated rings. The number of nitrogens with two attached hydrogens (primary N) is 1. The highest BCUT2D eigenvalue weighted by Gasteiger charge is 2.40. The number of hydrogen-bond donors (Lipinski definition) is 5. The third-order valence-corrected chi connectivity index (χ3v) is 2.73. The number of nitrogens with one attached hydrogen (secondary N) is 1. The number of carboxylic acids is 2. The molecular formula is C12H22N2O6. The van der Waals surface area contributed by atoms with Crippen molar-refractivity contribution in [2.24, 2.45) is 5.73 Å². The van der Waals surface area contributed by atoms with Crippen molar-refractivity contribution in [2.45, 2.75) is 44.1 Å². The summed E-state index contributed by atoms with van der Waals surface area (Å²) in [5.41, 5.74) is 2.91. The largest absolute Gasteiger partial charge is 0.481 e. The van der Waals surface area contributed by atoms with E-state index in [1.54, 1.807) is 0 Å². The van der Waals surface area contributed by atoms with E-state index in [0.29, 0.717) is 13.0 Å². The lowest BCUT2D eigenvalue weighted by atomic mass is 9.94. The van der Waals surface area contributed by atoms with E-state index >= 15 is 0 Å². The lowest BCUT2D eigenvalue weighted by molar-refractivity contribution is -0.159. The van der Waals surface area contributed by atoms with Gasteiger partial charge in [0.1, 0.15) is 0 Å². The Hall–Kier alpha value is -1.67. The van der Waals surface area contributed by atoms with Gasteiger partial charge in [-0.05, 0) is 19.4 Å². The Morgan fingerprint density at radius 1 is 0.950 bits per heavy atom. The summed E-state index contributed by atoms with van der Waals surface area (Å²) in [6, 6.07) is 0. The molecule has 1 amide bonds. The van der Waals surface area contributed by atoms with Crippen LogP contribution in [0.2, 0.25) is 0 Å². The van der Waals surface area contributed by atoms with Crippen molar-refractivity contribution in [1.82, 2.24) is 5.32 Å². The molecule has 0 aliphatic rings. The first kappa shape index (κ1) is 18.3. The zero-order chi connectivity index (χ0) is 15.6. The van der Waals surface area contributed by atoms with E-state index in [4.69, 9.17) is 15.9 Å². The van der Waals surface area contributed by atoms with Crippen LogP contribution in [0, 0.1) is 0 Å². The van der Waals surface area contributed by atoms with Crippen LogP contribution in [0.1, 0.15) is 38.5 Å². The Morgan fingerprint density at radius 3 is 1.90 bits per heavy atom. The number of rotatable bonds is 11. The first-order valence-corrected chi connectivity index (χ1v) is 6.46. The van der Waals surface area contributed by atoms with Gasteiger partial charge < -0.3 is 26.4 Å². The normalized spacial score (nSPS) is 11.1. The first-order valence-electron chi connectivity index (χ1n) is 6.46. The fourth-order valence-electron chi connectivity index (χ4n) is 1.71. The maximum absolute atomic E-state index is 11.7. The molecule has 0 rings (SSSR count). The highest BCUT2D eigenvalue weighted by Crippen LogP contribution is 2.16. The highest BCUT2D eigenvalue weighted by atomic mass is 16.4. The Bertz CT molecular complexity index is 329. The van der Waals surface area contributed by atoms with E-state index in [1.165, 1.54) is 0 Å². The fourth-order valence-corrected chi connectivity index (χ4v) is 1.71. The molecule has 0 radical (unpaired) electrons. The third kappa shape index (κ3) is 7.70. The quantitative estimate of drug-likeness (QED) is 0.316. The van der Waals surface area contributed by atoms with Crippen LogP contribution in [-0.4, -0.2) is 51.9 Å². The summed E-state index contributed by atoms with van der Waals surface area (Å²) in [6.45, 7) is 0.855. The van der Waals surface area contributed by atoms with E-state index in [1.807, 2.05) is 0 Å². The van der Waals surface area contributed by atoms with Crippen LogP contribution in [0.15, 0.2) is 0 Å². The van der Waals surface area contributed by atoms with Gasteiger partial charge in [-0.3, -0.25) is 14.4 Å². The summed E-state index contributed by atoms with van der Waals surface area (Å²) in [5.74, 6) is -3.85. The van der Waals surface area contributed by atoms with Crippen molar-refractivity contribution in [3.8, 4) is 0 Å². The van der Waals surface area contributed by atoms with Gasteiger partial charge in [0.25, 0.3) is 5.91 Å². The van der Waals surface area contributed by atoms with Crippen molar-refractivity contribution in [1.29, 1.82) is 0 Å². The van der Waals surface area contributed by atoms with Crippen molar-refractivity contribution in [2.75, 3.05) is 13.1 Å². The van der Waals surface area contributed by atoms with Gasteiger partial charge in [0.15, 0.2) is 5.60 Å². The average molecular weight is 290 g/mol. The molecule has 0 bridgehead atoms. The van der Waals surface area contributed by atoms with Crippen molar-refractivity contribution in [3.05, 3.63) is 0 Å². The van der Waals surface area contributed by atoms with Gasteiger partial charge in [-0.2, -0.15) is 0 Å². The second kappa shape index (κ2) is 9.27. The van der Waals surface area contributed by atoms with Crippen molar-refractivity contribution >= 4 is 17.8 Å². The van der Waals surface area contributed by atoms with Gasteiger partial charge in [0.2, 0.25) is 0 Å². The summed E-state index contributed by atoms with van der Waals surface area (Å²) in [5, 5.41) is 29.5. The lowest BCUT2D eigenvalue weighted by Gasteiger charge is -2.23. The van der Waals surface area contributed by atoms with Gasteiger partial charge in [-0.25, -0.2) is 0 Å². The van der Waals surface area contributed by atoms with Gasteiger partial charge in [0, 0.05) is 6.54 Å². The van der Waals surface area contributed by atoms with Crippen LogP contribution in [0.25, 0.3) is 0 Å². The molecule has 0 aliphatic heterocycles. The number of carboxylic acid groups (broad SMARTS) is 2. The summed E-state index contributed by atoms with van der Waals surface area (Å²) >= 11 is 0. The van der Waals surface area contributed by atoms with Crippen LogP contribution < -0.4 is 11.1 Å². The van der Waals surface area contributed by atoms with E-state index in [2.05, 4.69) is 5.32 Å². The molecule has 0 heterocycles. The molecular weight excluding hydrogens is 268 g/mol. The smallest absolute Gasteiger partial charge is 0.306 e. The second-order valence-electron chi connectivity index (χ2n) is 4.63. The highest BCUT2D eigenvalue weighted by molar-refractivity contribution is 5.92. The van der Waals surface area contributed by atoms with E-state index in [0.717, 1.165) is 19.3 Å². The van der Waals surface area contributed by atoms with Crippen LogP contribution in [0.3, 0.4) is 0 Å². The Morgan fingerprint density at radius 2 is 1.45 bits per heavy atom. The number of amides is 1. The molecule has 0 aromatic heterocycles. The molecule has 0 aliphatic carbocycles. The number of aliphatic carboxylic acids is 2. The maximum Gasteiger partial charge on any atom is 0.306 e. The number of carbonyl (C=O) groups excluding carboxylic acids is 1. The summed E-state index contributed by atoms with van der Waals surface area (Å²) in [4.78, 5) is 32.9. The monoisotopic (exact) mass is 290 g/mol. The topological polar surface area (TPSA) is 150 Å². The minimum absolute atomic E-state index is 0.255. The van der Waals surface area contributed by atoms with E-state index < -0.39 is 36.3 Å². The number of aliphatic hydroxyl groups is 1. The van der Waals surface area contributed by atoms with Crippen LogP contribution in [-0.2, 0) is 14.4 Å². The molecule has 0 atom stereocenters. The molecule has 6 N–H and O–H groups in total. The molecule has 8 heteroatoms. The van der Waals surface area contributed by atoms with Gasteiger partial charge in [0.05, 0.1) is 12.8 Å². The average Bonchev–Trinajstić information content (AvgIpc) is 2.31. The molecule has 116 valence electrons. The molecule has 0 aromatic rings.